The van der Waals surface area contributed by atoms with Crippen LogP contribution in [-0.2, 0) is 0 Å². The van der Waals surface area contributed by atoms with Crippen LogP contribution in [0.15, 0.2) is 24.9 Å². The van der Waals surface area contributed by atoms with Crippen LogP contribution >= 0.6 is 0 Å². The second-order valence-electron chi connectivity index (χ2n) is 5.95. The molecule has 148 valence electrons. The molecule has 0 bridgehead atoms. The summed E-state index contributed by atoms with van der Waals surface area (Å²) in [7, 11) is 2.14. The van der Waals surface area contributed by atoms with Gasteiger partial charge in [0.1, 0.15) is 0 Å². The standard InChI is InChI=1S/C14H30N2.C3H8.C3H6.C2H6/c1-7-11(4)14(13(8-2)9-3)16(6)12(5)10-15;2*1-3-2;1-2/h11,13-14H,5,7-10,15H2,1-4,6H3;3H2,1-2H3;3H,1H2,2H3;1-2H3. The van der Waals surface area contributed by atoms with E-state index in [0.717, 1.165) is 11.6 Å². The lowest BCUT2D eigenvalue weighted by Crippen LogP contribution is -2.43. The van der Waals surface area contributed by atoms with Gasteiger partial charge in [-0.3, -0.25) is 0 Å². The van der Waals surface area contributed by atoms with Crippen LogP contribution in [0.3, 0.4) is 0 Å². The molecule has 24 heavy (non-hydrogen) atoms. The van der Waals surface area contributed by atoms with Crippen molar-refractivity contribution in [3.05, 3.63) is 24.9 Å². The molecule has 2 N–H and O–H groups in total. The summed E-state index contributed by atoms with van der Waals surface area (Å²) in [5, 5.41) is 0. The SMILES string of the molecule is C=C(CN)N(C)C(C(C)CC)C(CC)CC.C=CC.CC.CCC. The predicted molar refractivity (Wildman–Crippen MR) is 116 cm³/mol. The molecule has 0 aliphatic carbocycles. The number of hydrogen-bond donors (Lipinski definition) is 1. The molecule has 0 aliphatic heterocycles. The summed E-state index contributed by atoms with van der Waals surface area (Å²) in [5.41, 5.74) is 6.75. The first-order valence-electron chi connectivity index (χ1n) is 10.0. The summed E-state index contributed by atoms with van der Waals surface area (Å²) in [6.07, 6.45) is 6.67. The van der Waals surface area contributed by atoms with Crippen molar-refractivity contribution >= 4 is 0 Å². The van der Waals surface area contributed by atoms with Crippen LogP contribution in [0.5, 0.6) is 0 Å². The van der Waals surface area contributed by atoms with Crippen molar-refractivity contribution in [1.82, 2.24) is 4.90 Å². The first kappa shape index (κ1) is 31.1. The van der Waals surface area contributed by atoms with Gasteiger partial charge < -0.3 is 10.6 Å². The predicted octanol–water partition coefficient (Wildman–Crippen LogP) is 6.88. The van der Waals surface area contributed by atoms with Gasteiger partial charge in [-0.15, -0.1) is 6.58 Å². The smallest absolute Gasteiger partial charge is 0.0337 e. The zero-order valence-corrected chi connectivity index (χ0v) is 18.8. The first-order chi connectivity index (χ1) is 11.4. The highest BCUT2D eigenvalue weighted by molar-refractivity contribution is 4.99. The molecule has 0 saturated heterocycles. The Morgan fingerprint density at radius 2 is 1.38 bits per heavy atom. The fourth-order valence-electron chi connectivity index (χ4n) is 2.53. The zero-order valence-electron chi connectivity index (χ0n) is 18.8. The van der Waals surface area contributed by atoms with E-state index in [1.54, 1.807) is 6.08 Å². The summed E-state index contributed by atoms with van der Waals surface area (Å²) in [5.74, 6) is 1.43. The van der Waals surface area contributed by atoms with Crippen molar-refractivity contribution in [2.75, 3.05) is 13.6 Å². The van der Waals surface area contributed by atoms with E-state index < -0.39 is 0 Å². The van der Waals surface area contributed by atoms with Crippen molar-refractivity contribution < 1.29 is 0 Å². The topological polar surface area (TPSA) is 29.3 Å². The molecule has 0 radical (unpaired) electrons. The second kappa shape index (κ2) is 24.5. The average molecular weight is 343 g/mol. The zero-order chi connectivity index (χ0) is 20.1. The highest BCUT2D eigenvalue weighted by atomic mass is 15.2. The van der Waals surface area contributed by atoms with Crippen molar-refractivity contribution in [2.24, 2.45) is 17.6 Å². The summed E-state index contributed by atoms with van der Waals surface area (Å²) in [4.78, 5) is 2.31. The lowest BCUT2D eigenvalue weighted by Gasteiger charge is -2.40. The molecular formula is C22H50N2. The van der Waals surface area contributed by atoms with E-state index in [9.17, 15) is 0 Å². The fourth-order valence-corrected chi connectivity index (χ4v) is 2.53. The van der Waals surface area contributed by atoms with Crippen LogP contribution in [0.2, 0.25) is 0 Å². The Bertz CT molecular complexity index is 244. The molecular weight excluding hydrogens is 292 g/mol. The van der Waals surface area contributed by atoms with E-state index in [4.69, 9.17) is 5.73 Å². The molecule has 2 heteroatoms. The van der Waals surface area contributed by atoms with Crippen LogP contribution in [0.4, 0.5) is 0 Å². The maximum atomic E-state index is 5.69. The molecule has 0 saturated carbocycles. The fraction of sp³-hybridized carbons (Fsp3) is 0.818. The maximum absolute atomic E-state index is 5.69. The molecule has 0 spiro atoms. The Morgan fingerprint density at radius 1 is 1.04 bits per heavy atom. The first-order valence-corrected chi connectivity index (χ1v) is 10.0. The average Bonchev–Trinajstić information content (AvgIpc) is 2.60. The molecule has 0 aliphatic rings. The van der Waals surface area contributed by atoms with Crippen molar-refractivity contribution in [3.63, 3.8) is 0 Å². The van der Waals surface area contributed by atoms with Crippen LogP contribution in [0.25, 0.3) is 0 Å². The van der Waals surface area contributed by atoms with Gasteiger partial charge in [0.15, 0.2) is 0 Å². The normalized spacial score (nSPS) is 11.5. The molecule has 0 amide bonds. The highest BCUT2D eigenvalue weighted by Gasteiger charge is 2.27. The van der Waals surface area contributed by atoms with Gasteiger partial charge in [0, 0.05) is 25.3 Å². The molecule has 0 aromatic carbocycles. The van der Waals surface area contributed by atoms with E-state index >= 15 is 0 Å². The van der Waals surface area contributed by atoms with Crippen LogP contribution in [0, 0.1) is 11.8 Å². The van der Waals surface area contributed by atoms with E-state index in [0.29, 0.717) is 18.5 Å². The Kier molecular flexibility index (Phi) is 31.7. The van der Waals surface area contributed by atoms with Gasteiger partial charge in [-0.1, -0.05) is 93.7 Å². The van der Waals surface area contributed by atoms with Gasteiger partial charge in [-0.25, -0.2) is 0 Å². The lowest BCUT2D eigenvalue weighted by atomic mass is 9.83. The van der Waals surface area contributed by atoms with Crippen LogP contribution < -0.4 is 5.73 Å². The minimum atomic E-state index is 0.559. The molecule has 0 rings (SSSR count). The molecule has 0 aromatic heterocycles. The molecule has 0 fully saturated rings. The van der Waals surface area contributed by atoms with Gasteiger partial charge in [-0.05, 0) is 18.8 Å². The van der Waals surface area contributed by atoms with Gasteiger partial charge in [-0.2, -0.15) is 0 Å². The van der Waals surface area contributed by atoms with Gasteiger partial charge in [0.05, 0.1) is 0 Å². The third-order valence-electron chi connectivity index (χ3n) is 3.94. The number of nitrogens with two attached hydrogens (primary N) is 1. The number of nitrogens with zero attached hydrogens (tertiary/aromatic N) is 1. The molecule has 2 nitrogen and oxygen atoms in total. The lowest BCUT2D eigenvalue weighted by molar-refractivity contribution is 0.144. The van der Waals surface area contributed by atoms with Gasteiger partial charge in [0.25, 0.3) is 0 Å². The second-order valence-corrected chi connectivity index (χ2v) is 5.95. The largest absolute Gasteiger partial charge is 0.374 e. The Hall–Kier alpha value is -0.760. The number of allylic oxidation sites excluding steroid dienone is 1. The number of hydrogen-bond acceptors (Lipinski definition) is 2. The molecule has 0 heterocycles. The molecule has 0 aromatic rings. The van der Waals surface area contributed by atoms with Gasteiger partial charge in [0.2, 0.25) is 0 Å². The number of rotatable bonds is 8. The minimum absolute atomic E-state index is 0.559. The minimum Gasteiger partial charge on any atom is -0.374 e. The number of likely N-dealkylation sites (N-methyl/N-ethyl adjacent to an activating group) is 1. The Morgan fingerprint density at radius 3 is 1.58 bits per heavy atom. The third kappa shape index (κ3) is 16.1. The van der Waals surface area contributed by atoms with E-state index in [-0.39, 0.29) is 0 Å². The molecule has 2 atom stereocenters. The third-order valence-corrected chi connectivity index (χ3v) is 3.94. The van der Waals surface area contributed by atoms with Crippen LogP contribution in [0.1, 0.15) is 88.0 Å². The maximum Gasteiger partial charge on any atom is 0.0337 e. The van der Waals surface area contributed by atoms with Crippen molar-refractivity contribution in [2.45, 2.75) is 94.0 Å². The van der Waals surface area contributed by atoms with E-state index in [2.05, 4.69) is 66.6 Å². The summed E-state index contributed by atoms with van der Waals surface area (Å²) >= 11 is 0. The summed E-state index contributed by atoms with van der Waals surface area (Å²) < 4.78 is 0. The van der Waals surface area contributed by atoms with Gasteiger partial charge >= 0.3 is 0 Å². The quantitative estimate of drug-likeness (QED) is 0.487. The van der Waals surface area contributed by atoms with E-state index in [1.165, 1.54) is 25.7 Å². The van der Waals surface area contributed by atoms with E-state index in [1.807, 2.05) is 20.8 Å². The van der Waals surface area contributed by atoms with Crippen molar-refractivity contribution in [3.8, 4) is 0 Å². The highest BCUT2D eigenvalue weighted by Crippen LogP contribution is 2.27. The van der Waals surface area contributed by atoms with Crippen molar-refractivity contribution in [1.29, 1.82) is 0 Å². The monoisotopic (exact) mass is 342 g/mol. The summed E-state index contributed by atoms with van der Waals surface area (Å²) in [6.45, 7) is 27.3. The Balaban J connectivity index is -0.000000211. The Labute approximate surface area is 155 Å². The van der Waals surface area contributed by atoms with Crippen LogP contribution in [-0.4, -0.2) is 24.5 Å². The molecule has 2 unspecified atom stereocenters. The summed E-state index contributed by atoms with van der Waals surface area (Å²) in [6, 6.07) is 0.580.